The molecule has 0 fully saturated rings. The minimum absolute atomic E-state index is 0.0554. The first kappa shape index (κ1) is 43.5. The van der Waals surface area contributed by atoms with Crippen molar-refractivity contribution < 1.29 is 24.2 Å². The molecule has 0 nitrogen and oxygen atoms in total. The summed E-state index contributed by atoms with van der Waals surface area (Å²) in [7, 11) is 0. The standard InChI is InChI=1S/C33H33.C21H12Cl2.C5H5.Zr/c1-32(2,3)30-20-26-24(18-28(30)22-13-9-7-10-14-22)17-25-19-29(23-15-11-8-12-16-23)31(21-27(25)26)33(4,5)6;22-18-10-14-5-1-3-7-20(14)16(12-18)9-17-13-19(23)11-15-6-2-4-8-21(15)17;1-2-4-5-3-1;/h7-21H,1-6H3;1-8,10-13H;1-5H;/q-1;;-1;+2. The van der Waals surface area contributed by atoms with Crippen LogP contribution in [0.4, 0.5) is 0 Å². The molecule has 10 aromatic carbocycles. The molecule has 0 aliphatic rings. The molecule has 0 bridgehead atoms. The molecule has 0 radical (unpaired) electrons. The van der Waals surface area contributed by atoms with Crippen molar-refractivity contribution >= 4 is 69.5 Å². The molecular formula is C59H50Cl2Zr. The van der Waals surface area contributed by atoms with Gasteiger partial charge in [-0.3, -0.25) is 0 Å². The van der Waals surface area contributed by atoms with E-state index in [0.29, 0.717) is 0 Å². The smallest absolute Gasteiger partial charge is 0.172 e. The number of hydrogen-bond acceptors (Lipinski definition) is 0. The summed E-state index contributed by atoms with van der Waals surface area (Å²) < 4.78 is 1.26. The summed E-state index contributed by atoms with van der Waals surface area (Å²) in [5.41, 5.74) is 10.5. The molecule has 0 unspecified atom stereocenters. The fourth-order valence-electron chi connectivity index (χ4n) is 8.49. The second-order valence-electron chi connectivity index (χ2n) is 18.0. The molecule has 0 atom stereocenters. The van der Waals surface area contributed by atoms with Gasteiger partial charge in [0.05, 0.1) is 0 Å². The van der Waals surface area contributed by atoms with E-state index in [1.807, 2.05) is 54.6 Å². The van der Waals surface area contributed by atoms with E-state index < -0.39 is 0 Å². The molecule has 0 saturated heterocycles. The van der Waals surface area contributed by atoms with E-state index in [1.54, 1.807) is 0 Å². The number of benzene rings is 8. The van der Waals surface area contributed by atoms with Crippen LogP contribution in [-0.4, -0.2) is 3.21 Å². The molecule has 0 amide bonds. The quantitative estimate of drug-likeness (QED) is 0.154. The minimum Gasteiger partial charge on any atom is -0.214 e. The zero-order chi connectivity index (χ0) is 43.6. The Morgan fingerprint density at radius 3 is 1.19 bits per heavy atom. The van der Waals surface area contributed by atoms with Crippen molar-refractivity contribution in [3.05, 3.63) is 226 Å². The van der Waals surface area contributed by atoms with Gasteiger partial charge in [0.25, 0.3) is 0 Å². The van der Waals surface area contributed by atoms with Crippen LogP contribution in [0.2, 0.25) is 10.0 Å². The van der Waals surface area contributed by atoms with Gasteiger partial charge in [-0.2, -0.15) is 18.2 Å². The van der Waals surface area contributed by atoms with Gasteiger partial charge in [0.1, 0.15) is 0 Å². The molecule has 304 valence electrons. The Balaban J connectivity index is 0.000000159. The fourth-order valence-corrected chi connectivity index (χ4v) is 9.96. The third kappa shape index (κ3) is 9.43. The zero-order valence-corrected chi connectivity index (χ0v) is 40.2. The maximum atomic E-state index is 6.38. The van der Waals surface area contributed by atoms with E-state index in [1.165, 1.54) is 104 Å². The van der Waals surface area contributed by atoms with Crippen LogP contribution in [0.5, 0.6) is 0 Å². The summed E-state index contributed by atoms with van der Waals surface area (Å²) in [6, 6.07) is 68.6. The molecule has 10 rings (SSSR count). The van der Waals surface area contributed by atoms with E-state index in [-0.39, 0.29) is 10.8 Å². The van der Waals surface area contributed by atoms with Gasteiger partial charge in [-0.1, -0.05) is 114 Å². The van der Waals surface area contributed by atoms with E-state index >= 15 is 0 Å². The Bertz CT molecular complexity index is 2940. The van der Waals surface area contributed by atoms with Crippen LogP contribution in [0.15, 0.2) is 194 Å². The van der Waals surface area contributed by atoms with Crippen molar-refractivity contribution in [3.8, 4) is 22.3 Å². The molecule has 10 aromatic rings. The van der Waals surface area contributed by atoms with Crippen LogP contribution in [-0.2, 0) is 35.1 Å². The largest absolute Gasteiger partial charge is 0.214 e. The number of halogens is 2. The van der Waals surface area contributed by atoms with Gasteiger partial charge >= 0.3 is 166 Å². The monoisotopic (exact) mass is 918 g/mol. The summed E-state index contributed by atoms with van der Waals surface area (Å²) in [5, 5.41) is 11.6. The molecular weight excluding hydrogens is 871 g/mol. The van der Waals surface area contributed by atoms with Crippen molar-refractivity contribution in [1.29, 1.82) is 0 Å². The van der Waals surface area contributed by atoms with Gasteiger partial charge in [-0.15, -0.1) is 39.7 Å². The third-order valence-electron chi connectivity index (χ3n) is 11.5. The van der Waals surface area contributed by atoms with Crippen LogP contribution in [0.3, 0.4) is 0 Å². The molecule has 0 saturated carbocycles. The average molecular weight is 921 g/mol. The Morgan fingerprint density at radius 1 is 0.435 bits per heavy atom. The molecule has 0 aliphatic carbocycles. The Hall–Kier alpha value is -5.17. The molecule has 0 N–H and O–H groups in total. The SMILES string of the molecule is CC(C)(C)c1cc2c(cc1-c1ccccc1)[cH-]c1cc(-c3ccccc3)c(C(C)(C)C)cc12.Clc1cc([C](=[Zr+2])c2cc(Cl)cc3ccccc23)c2ccccc2c1.c1cc[cH-]c1. The normalized spacial score (nSPS) is 11.6. The van der Waals surface area contributed by atoms with Crippen LogP contribution < -0.4 is 0 Å². The van der Waals surface area contributed by atoms with Gasteiger partial charge < -0.3 is 0 Å². The summed E-state index contributed by atoms with van der Waals surface area (Å²) in [4.78, 5) is 0. The topological polar surface area (TPSA) is 0 Å². The Morgan fingerprint density at radius 2 is 0.823 bits per heavy atom. The number of fused-ring (bicyclic) bond motifs is 5. The maximum absolute atomic E-state index is 6.38. The van der Waals surface area contributed by atoms with Crippen molar-refractivity contribution in [2.75, 3.05) is 0 Å². The maximum Gasteiger partial charge on any atom is -0.172 e. The summed E-state index contributed by atoms with van der Waals surface area (Å²) in [6.07, 6.45) is 0. The first-order valence-corrected chi connectivity index (χ1v) is 23.2. The third-order valence-corrected chi connectivity index (χ3v) is 13.3. The van der Waals surface area contributed by atoms with E-state index in [2.05, 4.69) is 181 Å². The minimum atomic E-state index is 0.0554. The van der Waals surface area contributed by atoms with Gasteiger partial charge in [0.2, 0.25) is 0 Å². The molecule has 0 aromatic heterocycles. The summed E-state index contributed by atoms with van der Waals surface area (Å²) >= 11 is 14.1. The molecule has 0 heterocycles. The average Bonchev–Trinajstić information content (AvgIpc) is 3.97. The van der Waals surface area contributed by atoms with Gasteiger partial charge in [-0.05, 0) is 44.2 Å². The van der Waals surface area contributed by atoms with E-state index in [0.717, 1.165) is 20.8 Å². The zero-order valence-electron chi connectivity index (χ0n) is 36.2. The van der Waals surface area contributed by atoms with Crippen LogP contribution in [0.1, 0.15) is 63.8 Å². The van der Waals surface area contributed by atoms with Crippen LogP contribution in [0, 0.1) is 0 Å². The predicted molar refractivity (Wildman–Crippen MR) is 268 cm³/mol. The van der Waals surface area contributed by atoms with Crippen LogP contribution in [0.25, 0.3) is 65.3 Å². The molecule has 3 heteroatoms. The first-order chi connectivity index (χ1) is 29.8. The second-order valence-corrected chi connectivity index (χ2v) is 20.1. The van der Waals surface area contributed by atoms with Gasteiger partial charge in [0.15, 0.2) is 0 Å². The number of rotatable bonds is 4. The first-order valence-electron chi connectivity index (χ1n) is 21.2. The Kier molecular flexibility index (Phi) is 12.8. The van der Waals surface area contributed by atoms with Crippen molar-refractivity contribution in [1.82, 2.24) is 0 Å². The van der Waals surface area contributed by atoms with E-state index in [4.69, 9.17) is 23.2 Å². The van der Waals surface area contributed by atoms with Crippen molar-refractivity contribution in [2.45, 2.75) is 52.4 Å². The molecule has 62 heavy (non-hydrogen) atoms. The van der Waals surface area contributed by atoms with Crippen molar-refractivity contribution in [2.24, 2.45) is 0 Å². The van der Waals surface area contributed by atoms with E-state index in [9.17, 15) is 0 Å². The summed E-state index contributed by atoms with van der Waals surface area (Å²) in [5.74, 6) is 0. The van der Waals surface area contributed by atoms with Gasteiger partial charge in [-0.25, -0.2) is 12.1 Å². The second kappa shape index (κ2) is 18.3. The van der Waals surface area contributed by atoms with Crippen molar-refractivity contribution in [3.63, 3.8) is 0 Å². The molecule has 0 aliphatic heterocycles. The predicted octanol–water partition coefficient (Wildman–Crippen LogP) is 17.5. The number of hydrogen-bond donors (Lipinski definition) is 0. The van der Waals surface area contributed by atoms with Crippen LogP contribution >= 0.6 is 23.2 Å². The molecule has 0 spiro atoms. The van der Waals surface area contributed by atoms with Gasteiger partial charge in [0, 0.05) is 0 Å². The fraction of sp³-hybridized carbons (Fsp3) is 0.136. The Labute approximate surface area is 391 Å². The summed E-state index contributed by atoms with van der Waals surface area (Å²) in [6.45, 7) is 13.9.